The van der Waals surface area contributed by atoms with Crippen LogP contribution in [0.3, 0.4) is 0 Å². The van der Waals surface area contributed by atoms with E-state index in [1.165, 1.54) is 18.5 Å². The summed E-state index contributed by atoms with van der Waals surface area (Å²) in [5.41, 5.74) is 1.70. The molecule has 2 heterocycles. The third kappa shape index (κ3) is 3.25. The zero-order valence-electron chi connectivity index (χ0n) is 14.2. The van der Waals surface area contributed by atoms with Crippen LogP contribution in [0.25, 0.3) is 5.70 Å². The quantitative estimate of drug-likeness (QED) is 0.742. The third-order valence-electron chi connectivity index (χ3n) is 4.39. The van der Waals surface area contributed by atoms with Gasteiger partial charge < -0.3 is 10.1 Å². The van der Waals surface area contributed by atoms with Crippen molar-refractivity contribution in [1.29, 1.82) is 0 Å². The number of halogens is 3. The number of alkyl halides is 3. The second-order valence-electron chi connectivity index (χ2n) is 6.03. The number of hydrogen-bond donors (Lipinski definition) is 1. The maximum absolute atomic E-state index is 12.8. The highest BCUT2D eigenvalue weighted by atomic mass is 19.4. The van der Waals surface area contributed by atoms with Gasteiger partial charge in [0.2, 0.25) is 5.95 Å². The first-order chi connectivity index (χ1) is 13.0. The van der Waals surface area contributed by atoms with E-state index in [-0.39, 0.29) is 6.04 Å². The fraction of sp³-hybridized carbons (Fsp3) is 0.158. The third-order valence-corrected chi connectivity index (χ3v) is 4.39. The van der Waals surface area contributed by atoms with E-state index in [2.05, 4.69) is 15.4 Å². The minimum Gasteiger partial charge on any atom is -0.497 e. The van der Waals surface area contributed by atoms with Gasteiger partial charge in [-0.1, -0.05) is 12.1 Å². The van der Waals surface area contributed by atoms with E-state index in [0.717, 1.165) is 29.1 Å². The van der Waals surface area contributed by atoms with Crippen molar-refractivity contribution in [2.75, 3.05) is 12.4 Å². The van der Waals surface area contributed by atoms with Crippen molar-refractivity contribution >= 4 is 11.6 Å². The van der Waals surface area contributed by atoms with Crippen LogP contribution in [-0.4, -0.2) is 21.9 Å². The van der Waals surface area contributed by atoms with E-state index >= 15 is 0 Å². The summed E-state index contributed by atoms with van der Waals surface area (Å²) < 4.78 is 45.3. The lowest BCUT2D eigenvalue weighted by atomic mass is 10.0. The van der Waals surface area contributed by atoms with Crippen LogP contribution in [0, 0.1) is 0 Å². The van der Waals surface area contributed by atoms with Crippen LogP contribution in [0.4, 0.5) is 19.1 Å². The van der Waals surface area contributed by atoms with E-state index in [0.29, 0.717) is 11.5 Å². The highest BCUT2D eigenvalue weighted by Gasteiger charge is 2.31. The molecule has 1 aliphatic rings. The molecule has 1 aliphatic heterocycles. The van der Waals surface area contributed by atoms with Crippen molar-refractivity contribution in [3.8, 4) is 5.75 Å². The Bertz CT molecular complexity index is 975. The van der Waals surface area contributed by atoms with Gasteiger partial charge in [0.1, 0.15) is 18.1 Å². The number of nitrogens with one attached hydrogen (secondary N) is 1. The minimum absolute atomic E-state index is 0.372. The number of ether oxygens (including phenoxy) is 1. The Hall–Kier alpha value is -3.29. The molecular formula is C19H15F3N4O. The molecule has 8 heteroatoms. The average molecular weight is 372 g/mol. The summed E-state index contributed by atoms with van der Waals surface area (Å²) in [7, 11) is 1.59. The first-order valence-corrected chi connectivity index (χ1v) is 8.15. The van der Waals surface area contributed by atoms with Crippen molar-refractivity contribution in [2.24, 2.45) is 0 Å². The van der Waals surface area contributed by atoms with Gasteiger partial charge in [0.05, 0.1) is 12.7 Å². The summed E-state index contributed by atoms with van der Waals surface area (Å²) in [6.45, 7) is 0. The molecule has 0 fully saturated rings. The van der Waals surface area contributed by atoms with Crippen LogP contribution >= 0.6 is 0 Å². The van der Waals surface area contributed by atoms with Crippen LogP contribution in [0.2, 0.25) is 0 Å². The number of nitrogens with zero attached hydrogens (tertiary/aromatic N) is 3. The lowest BCUT2D eigenvalue weighted by molar-refractivity contribution is -0.137. The van der Waals surface area contributed by atoms with Gasteiger partial charge >= 0.3 is 6.18 Å². The molecule has 2 aromatic carbocycles. The van der Waals surface area contributed by atoms with Crippen LogP contribution < -0.4 is 10.1 Å². The summed E-state index contributed by atoms with van der Waals surface area (Å²) >= 11 is 0. The molecule has 0 saturated heterocycles. The fourth-order valence-corrected chi connectivity index (χ4v) is 2.98. The summed E-state index contributed by atoms with van der Waals surface area (Å²) in [5, 5.41) is 7.39. The molecule has 1 aromatic heterocycles. The number of aromatic nitrogens is 3. The SMILES string of the molecule is COc1ccc(C2=C[C@@H](c3ccc(C(F)(F)F)cc3)n3ncnc3N2)cc1. The number of fused-ring (bicyclic) bond motifs is 1. The van der Waals surface area contributed by atoms with E-state index < -0.39 is 11.7 Å². The van der Waals surface area contributed by atoms with Gasteiger partial charge in [-0.25, -0.2) is 4.68 Å². The molecule has 138 valence electrons. The molecule has 0 unspecified atom stereocenters. The lowest BCUT2D eigenvalue weighted by Gasteiger charge is -2.24. The molecule has 0 amide bonds. The molecule has 5 nitrogen and oxygen atoms in total. The molecule has 0 radical (unpaired) electrons. The van der Waals surface area contributed by atoms with Gasteiger partial charge in [0, 0.05) is 5.70 Å². The maximum Gasteiger partial charge on any atom is 0.416 e. The molecule has 3 aromatic rings. The average Bonchev–Trinajstić information content (AvgIpc) is 3.15. The summed E-state index contributed by atoms with van der Waals surface area (Å²) in [6, 6.07) is 12.2. The molecule has 4 rings (SSSR count). The maximum atomic E-state index is 12.8. The largest absolute Gasteiger partial charge is 0.497 e. The van der Waals surface area contributed by atoms with Crippen molar-refractivity contribution in [3.05, 3.63) is 77.6 Å². The van der Waals surface area contributed by atoms with E-state index in [4.69, 9.17) is 4.74 Å². The van der Waals surface area contributed by atoms with Gasteiger partial charge in [-0.2, -0.15) is 23.3 Å². The van der Waals surface area contributed by atoms with Crippen molar-refractivity contribution < 1.29 is 17.9 Å². The molecule has 0 spiro atoms. The zero-order valence-corrected chi connectivity index (χ0v) is 14.2. The van der Waals surface area contributed by atoms with Crippen LogP contribution in [-0.2, 0) is 6.18 Å². The number of methoxy groups -OCH3 is 1. The first-order valence-electron chi connectivity index (χ1n) is 8.15. The number of rotatable bonds is 3. The topological polar surface area (TPSA) is 52.0 Å². The van der Waals surface area contributed by atoms with Crippen LogP contribution in [0.1, 0.15) is 22.7 Å². The summed E-state index contributed by atoms with van der Waals surface area (Å²) in [4.78, 5) is 4.19. The Kier molecular flexibility index (Phi) is 4.10. The van der Waals surface area contributed by atoms with Crippen LogP contribution in [0.15, 0.2) is 60.9 Å². The van der Waals surface area contributed by atoms with Crippen molar-refractivity contribution in [3.63, 3.8) is 0 Å². The number of allylic oxidation sites excluding steroid dienone is 1. The number of hydrogen-bond acceptors (Lipinski definition) is 4. The fourth-order valence-electron chi connectivity index (χ4n) is 2.98. The van der Waals surface area contributed by atoms with Gasteiger partial charge in [0.15, 0.2) is 0 Å². The predicted octanol–water partition coefficient (Wildman–Crippen LogP) is 4.36. The Morgan fingerprint density at radius 3 is 2.37 bits per heavy atom. The second kappa shape index (κ2) is 6.46. The normalized spacial score (nSPS) is 16.3. The van der Waals surface area contributed by atoms with Gasteiger partial charge in [-0.3, -0.25) is 0 Å². The standard InChI is InChI=1S/C19H15F3N4O/c1-27-15-8-4-12(5-9-15)16-10-17(26-18(25-16)23-11-24-26)13-2-6-14(7-3-13)19(20,21)22/h2-11,17H,1H3,(H,23,24,25)/t17-/m0/s1. The Labute approximate surface area is 153 Å². The summed E-state index contributed by atoms with van der Waals surface area (Å²) in [6.07, 6.45) is -1.05. The molecule has 1 atom stereocenters. The Balaban J connectivity index is 1.72. The highest BCUT2D eigenvalue weighted by Crippen LogP contribution is 2.34. The van der Waals surface area contributed by atoms with Gasteiger partial charge in [-0.05, 0) is 53.6 Å². The second-order valence-corrected chi connectivity index (χ2v) is 6.03. The highest BCUT2D eigenvalue weighted by molar-refractivity contribution is 5.77. The van der Waals surface area contributed by atoms with Gasteiger partial charge in [-0.15, -0.1) is 0 Å². The molecule has 0 aliphatic carbocycles. The predicted molar refractivity (Wildman–Crippen MR) is 94.2 cm³/mol. The zero-order chi connectivity index (χ0) is 19.0. The molecule has 1 N–H and O–H groups in total. The summed E-state index contributed by atoms with van der Waals surface area (Å²) in [5.74, 6) is 1.26. The molecular weight excluding hydrogens is 357 g/mol. The minimum atomic E-state index is -4.37. The first kappa shape index (κ1) is 17.1. The van der Waals surface area contributed by atoms with E-state index in [1.54, 1.807) is 11.8 Å². The lowest BCUT2D eigenvalue weighted by Crippen LogP contribution is -2.20. The Morgan fingerprint density at radius 2 is 1.74 bits per heavy atom. The monoisotopic (exact) mass is 372 g/mol. The number of anilines is 1. The van der Waals surface area contributed by atoms with Gasteiger partial charge in [0.25, 0.3) is 0 Å². The smallest absolute Gasteiger partial charge is 0.416 e. The van der Waals surface area contributed by atoms with Crippen molar-refractivity contribution in [1.82, 2.24) is 14.8 Å². The number of benzene rings is 2. The van der Waals surface area contributed by atoms with Crippen molar-refractivity contribution in [2.45, 2.75) is 12.2 Å². The molecule has 0 saturated carbocycles. The molecule has 0 bridgehead atoms. The Morgan fingerprint density at radius 1 is 1.04 bits per heavy atom. The van der Waals surface area contributed by atoms with Crippen LogP contribution in [0.5, 0.6) is 5.75 Å². The molecule has 27 heavy (non-hydrogen) atoms. The van der Waals surface area contributed by atoms with E-state index in [1.807, 2.05) is 30.3 Å². The van der Waals surface area contributed by atoms with E-state index in [9.17, 15) is 13.2 Å².